The van der Waals surface area contributed by atoms with Crippen molar-refractivity contribution >= 4 is 39.0 Å². The third kappa shape index (κ3) is 5.55. The molecule has 6 aromatic carbocycles. The van der Waals surface area contributed by atoms with Crippen molar-refractivity contribution in [2.75, 3.05) is 0 Å². The highest BCUT2D eigenvalue weighted by molar-refractivity contribution is 6.13. The molecule has 3 atom stereocenters. The Morgan fingerprint density at radius 1 is 0.578 bits per heavy atom. The number of nitrogens with one attached hydrogen (secondary N) is 1. The number of hydrogen-bond acceptors (Lipinski definition) is 3. The third-order valence-corrected chi connectivity index (χ3v) is 15.8. The number of para-hydroxylation sites is 1. The summed E-state index contributed by atoms with van der Waals surface area (Å²) < 4.78 is 7.00. The van der Waals surface area contributed by atoms with E-state index in [1.807, 2.05) is 0 Å². The van der Waals surface area contributed by atoms with Crippen LogP contribution in [0.25, 0.3) is 66.7 Å². The van der Waals surface area contributed by atoms with E-state index in [0.29, 0.717) is 5.92 Å². The van der Waals surface area contributed by atoms with Gasteiger partial charge < -0.3 is 9.73 Å². The van der Waals surface area contributed by atoms with E-state index in [1.54, 1.807) is 5.56 Å². The molecular weight excluding hydrogens is 777 g/mol. The molecule has 0 bridgehead atoms. The van der Waals surface area contributed by atoms with Crippen molar-refractivity contribution in [2.45, 2.75) is 75.7 Å². The van der Waals surface area contributed by atoms with Crippen LogP contribution in [0.1, 0.15) is 92.2 Å². The van der Waals surface area contributed by atoms with Crippen molar-refractivity contribution < 1.29 is 4.42 Å². The number of nitrogens with zero attached hydrogens (tertiary/aromatic N) is 1. The molecule has 13 rings (SSSR count). The number of rotatable bonds is 5. The Balaban J connectivity index is 0.981. The van der Waals surface area contributed by atoms with Crippen molar-refractivity contribution in [2.24, 2.45) is 16.8 Å². The minimum atomic E-state index is -0.0610. The Morgan fingerprint density at radius 3 is 2.16 bits per heavy atom. The topological polar surface area (TPSA) is 37.5 Å². The molecule has 3 unspecified atom stereocenters. The number of fused-ring (bicyclic) bond motifs is 11. The Bertz CT molecular complexity index is 3270. The molecule has 0 radical (unpaired) electrons. The van der Waals surface area contributed by atoms with Gasteiger partial charge in [0.15, 0.2) is 0 Å². The van der Waals surface area contributed by atoms with E-state index in [9.17, 15) is 0 Å². The summed E-state index contributed by atoms with van der Waals surface area (Å²) in [6.07, 6.45) is 26.1. The zero-order valence-electron chi connectivity index (χ0n) is 36.7. The SMILES string of the molecule is CC1(C)c2ccccc2-c2cc3c(cc21)-c1c(-c2ccc4oc5c(C6=C(c7ccccc7)NC(C7C=CC=CC7)C(C7C=CC=CC7)=N6)cccc5c4c2)cccc1C31CCCCC1. The number of furan rings is 1. The quantitative estimate of drug-likeness (QED) is 0.188. The van der Waals surface area contributed by atoms with Crippen molar-refractivity contribution in [3.8, 4) is 33.4 Å². The summed E-state index contributed by atoms with van der Waals surface area (Å²) >= 11 is 0. The van der Waals surface area contributed by atoms with Gasteiger partial charge in [-0.1, -0.05) is 173 Å². The van der Waals surface area contributed by atoms with Gasteiger partial charge in [-0.15, -0.1) is 0 Å². The van der Waals surface area contributed by atoms with Crippen LogP contribution < -0.4 is 5.32 Å². The van der Waals surface area contributed by atoms with E-state index in [-0.39, 0.29) is 22.8 Å². The predicted octanol–water partition coefficient (Wildman–Crippen LogP) is 15.3. The van der Waals surface area contributed by atoms with Crippen LogP contribution in [0.15, 0.2) is 179 Å². The fraction of sp³-hybridized carbons (Fsp3) is 0.230. The molecule has 0 saturated heterocycles. The molecule has 7 aromatic rings. The molecule has 0 amide bonds. The number of hydrogen-bond donors (Lipinski definition) is 1. The first kappa shape index (κ1) is 37.8. The lowest BCUT2D eigenvalue weighted by atomic mass is 9.67. The minimum Gasteiger partial charge on any atom is -0.455 e. The van der Waals surface area contributed by atoms with Gasteiger partial charge in [-0.05, 0) is 117 Å². The van der Waals surface area contributed by atoms with Gasteiger partial charge in [0.2, 0.25) is 0 Å². The van der Waals surface area contributed by atoms with Crippen LogP contribution in [0.5, 0.6) is 0 Å². The van der Waals surface area contributed by atoms with Crippen molar-refractivity contribution in [3.05, 3.63) is 203 Å². The number of allylic oxidation sites excluding steroid dienone is 7. The smallest absolute Gasteiger partial charge is 0.144 e. The Kier molecular flexibility index (Phi) is 8.51. The Labute approximate surface area is 376 Å². The summed E-state index contributed by atoms with van der Waals surface area (Å²) in [6.45, 7) is 4.83. The van der Waals surface area contributed by atoms with E-state index in [1.165, 1.54) is 87.9 Å². The molecule has 2 heterocycles. The second-order valence-electron chi connectivity index (χ2n) is 19.6. The molecular formula is C61H52N2O. The maximum absolute atomic E-state index is 7.00. The highest BCUT2D eigenvalue weighted by atomic mass is 16.3. The van der Waals surface area contributed by atoms with Gasteiger partial charge in [-0.2, -0.15) is 0 Å². The molecule has 64 heavy (non-hydrogen) atoms. The monoisotopic (exact) mass is 828 g/mol. The summed E-state index contributed by atoms with van der Waals surface area (Å²) in [7, 11) is 0. The van der Waals surface area contributed by atoms with Gasteiger partial charge >= 0.3 is 0 Å². The molecule has 3 heteroatoms. The van der Waals surface area contributed by atoms with E-state index < -0.39 is 0 Å². The third-order valence-electron chi connectivity index (χ3n) is 15.8. The highest BCUT2D eigenvalue weighted by Crippen LogP contribution is 2.61. The first-order chi connectivity index (χ1) is 31.5. The standard InChI is InChI=1S/C61H52N2O/c1-60(2)49-29-14-13-25-43(49)46-36-52-48(37-51(46)60)54-42(26-18-30-50(54)61(52)33-15-6-16-34-61)41-31-32-53-47(35-41)44-27-17-28-45(59(44)64-53)58-57(40-23-11-5-12-24-40)62-55(38-19-7-3-8-20-38)56(63-58)39-21-9-4-10-22-39/h3-5,7-14,17-19,21,23-32,35-39,55,62H,6,15-16,20,22,33-34H2,1-2H3. The van der Waals surface area contributed by atoms with Crippen LogP contribution in [0, 0.1) is 11.8 Å². The molecule has 1 spiro atoms. The first-order valence-corrected chi connectivity index (χ1v) is 23.7. The van der Waals surface area contributed by atoms with Gasteiger partial charge in [-0.3, -0.25) is 4.99 Å². The molecule has 1 fully saturated rings. The molecule has 1 saturated carbocycles. The van der Waals surface area contributed by atoms with Crippen LogP contribution in [-0.2, 0) is 10.8 Å². The molecule has 6 aliphatic rings. The molecule has 1 aromatic heterocycles. The van der Waals surface area contributed by atoms with Crippen LogP contribution in [-0.4, -0.2) is 11.8 Å². The largest absolute Gasteiger partial charge is 0.455 e. The minimum absolute atomic E-state index is 0.0429. The summed E-state index contributed by atoms with van der Waals surface area (Å²) in [5.74, 6) is 0.506. The number of aliphatic imine (C=N–C) groups is 1. The summed E-state index contributed by atoms with van der Waals surface area (Å²) in [4.78, 5) is 5.76. The fourth-order valence-electron chi connectivity index (χ4n) is 12.7. The second kappa shape index (κ2) is 14.4. The maximum Gasteiger partial charge on any atom is 0.144 e. The van der Waals surface area contributed by atoms with Gasteiger partial charge in [0.1, 0.15) is 11.2 Å². The molecule has 5 aliphatic carbocycles. The van der Waals surface area contributed by atoms with Crippen LogP contribution in [0.3, 0.4) is 0 Å². The van der Waals surface area contributed by atoms with Gasteiger partial charge in [0.05, 0.1) is 17.4 Å². The fourth-order valence-corrected chi connectivity index (χ4v) is 12.7. The van der Waals surface area contributed by atoms with E-state index in [0.717, 1.165) is 57.3 Å². The van der Waals surface area contributed by atoms with Crippen molar-refractivity contribution in [1.82, 2.24) is 5.32 Å². The summed E-state index contributed by atoms with van der Waals surface area (Å²) in [6, 6.07) is 45.8. The van der Waals surface area contributed by atoms with Gasteiger partial charge in [0, 0.05) is 44.7 Å². The zero-order valence-corrected chi connectivity index (χ0v) is 36.7. The van der Waals surface area contributed by atoms with Crippen LogP contribution in [0.2, 0.25) is 0 Å². The van der Waals surface area contributed by atoms with Crippen molar-refractivity contribution in [1.29, 1.82) is 0 Å². The Hall–Kier alpha value is -6.71. The Morgan fingerprint density at radius 2 is 1.33 bits per heavy atom. The molecule has 1 N–H and O–H groups in total. The van der Waals surface area contributed by atoms with Gasteiger partial charge in [-0.25, -0.2) is 0 Å². The highest BCUT2D eigenvalue weighted by Gasteiger charge is 2.47. The molecule has 1 aliphatic heterocycles. The van der Waals surface area contributed by atoms with E-state index in [2.05, 4.69) is 189 Å². The lowest BCUT2D eigenvalue weighted by molar-refractivity contribution is 0.353. The zero-order chi connectivity index (χ0) is 42.6. The lowest BCUT2D eigenvalue weighted by Crippen LogP contribution is -2.46. The van der Waals surface area contributed by atoms with Crippen LogP contribution >= 0.6 is 0 Å². The average Bonchev–Trinajstić information content (AvgIpc) is 3.94. The molecule has 3 nitrogen and oxygen atoms in total. The predicted molar refractivity (Wildman–Crippen MR) is 266 cm³/mol. The average molecular weight is 829 g/mol. The second-order valence-corrected chi connectivity index (χ2v) is 19.6. The number of benzene rings is 6. The van der Waals surface area contributed by atoms with Crippen molar-refractivity contribution in [3.63, 3.8) is 0 Å². The first-order valence-electron chi connectivity index (χ1n) is 23.7. The maximum atomic E-state index is 7.00. The normalized spacial score (nSPS) is 22.1. The molecule has 312 valence electrons. The van der Waals surface area contributed by atoms with E-state index >= 15 is 0 Å². The van der Waals surface area contributed by atoms with Crippen LogP contribution in [0.4, 0.5) is 0 Å². The summed E-state index contributed by atoms with van der Waals surface area (Å²) in [5, 5.41) is 6.36. The van der Waals surface area contributed by atoms with E-state index in [4.69, 9.17) is 9.41 Å². The summed E-state index contributed by atoms with van der Waals surface area (Å²) in [5.41, 5.74) is 21.3. The van der Waals surface area contributed by atoms with Gasteiger partial charge in [0.25, 0.3) is 0 Å². The lowest BCUT2D eigenvalue weighted by Gasteiger charge is -2.36.